The quantitative estimate of drug-likeness (QED) is 0.418. The van der Waals surface area contributed by atoms with Gasteiger partial charge in [0.25, 0.3) is 5.91 Å². The number of hydrogen-bond donors (Lipinski definition) is 3. The van der Waals surface area contributed by atoms with Crippen LogP contribution in [0.3, 0.4) is 0 Å². The van der Waals surface area contributed by atoms with Gasteiger partial charge in [-0.15, -0.1) is 10.2 Å². The molecular formula is C4H9N6O+. The van der Waals surface area contributed by atoms with Crippen LogP contribution in [-0.4, -0.2) is 26.5 Å². The van der Waals surface area contributed by atoms with E-state index in [1.54, 1.807) is 0 Å². The topological polar surface area (TPSA) is 111 Å². The van der Waals surface area contributed by atoms with E-state index in [9.17, 15) is 4.79 Å². The lowest BCUT2D eigenvalue weighted by Crippen LogP contribution is -2.67. The molecule has 11 heavy (non-hydrogen) atoms. The number of aryl methyl sites for hydroxylation is 1. The number of nitrogens with one attached hydrogen (secondary N) is 2. The number of quaternary nitrogens is 1. The summed E-state index contributed by atoms with van der Waals surface area (Å²) in [6, 6.07) is 0. The highest BCUT2D eigenvalue weighted by Crippen LogP contribution is 1.89. The van der Waals surface area contributed by atoms with Gasteiger partial charge in [0.1, 0.15) is 0 Å². The molecule has 1 heterocycles. The smallest absolute Gasteiger partial charge is 0.265 e. The second-order valence-corrected chi connectivity index (χ2v) is 1.93. The number of tetrazole rings is 1. The van der Waals surface area contributed by atoms with E-state index in [4.69, 9.17) is 0 Å². The van der Waals surface area contributed by atoms with Gasteiger partial charge in [0.05, 0.1) is 0 Å². The molecule has 5 N–H and O–H groups in total. The van der Waals surface area contributed by atoms with Gasteiger partial charge in [-0.3, -0.25) is 10.6 Å². The van der Waals surface area contributed by atoms with Gasteiger partial charge >= 0.3 is 0 Å². The summed E-state index contributed by atoms with van der Waals surface area (Å²) in [6.07, 6.45) is 0.820. The van der Waals surface area contributed by atoms with Crippen molar-refractivity contribution in [1.29, 1.82) is 0 Å². The average Bonchev–Trinajstić information content (AvgIpc) is 2.52. The normalized spacial score (nSPS) is 9.55. The summed E-state index contributed by atoms with van der Waals surface area (Å²) >= 11 is 0. The average molecular weight is 157 g/mol. The van der Waals surface area contributed by atoms with Crippen molar-refractivity contribution in [2.45, 2.75) is 12.8 Å². The number of carbonyl (C=O) groups is 1. The van der Waals surface area contributed by atoms with Crippen LogP contribution in [0.5, 0.6) is 0 Å². The third-order valence-electron chi connectivity index (χ3n) is 1.16. The highest BCUT2D eigenvalue weighted by Gasteiger charge is 2.03. The minimum absolute atomic E-state index is 0.130. The molecule has 0 aromatic carbocycles. The van der Waals surface area contributed by atoms with E-state index in [0.717, 1.165) is 0 Å². The van der Waals surface area contributed by atoms with Gasteiger partial charge in [-0.25, -0.2) is 5.43 Å². The molecule has 1 aromatic heterocycles. The molecule has 60 valence electrons. The molecule has 0 aliphatic rings. The Hall–Kier alpha value is -1.50. The van der Waals surface area contributed by atoms with Crippen molar-refractivity contribution >= 4 is 5.91 Å². The zero-order valence-corrected chi connectivity index (χ0v) is 5.87. The van der Waals surface area contributed by atoms with Gasteiger partial charge in [0.2, 0.25) is 0 Å². The summed E-state index contributed by atoms with van der Waals surface area (Å²) in [7, 11) is 0. The maximum atomic E-state index is 10.6. The van der Waals surface area contributed by atoms with Gasteiger partial charge in [0, 0.05) is 12.8 Å². The van der Waals surface area contributed by atoms with Gasteiger partial charge in [0.15, 0.2) is 5.82 Å². The number of aromatic amines is 1. The fourth-order valence-corrected chi connectivity index (χ4v) is 0.602. The number of amides is 1. The summed E-state index contributed by atoms with van der Waals surface area (Å²) in [5.74, 6) is 3.63. The Morgan fingerprint density at radius 3 is 3.09 bits per heavy atom. The van der Waals surface area contributed by atoms with Gasteiger partial charge in [-0.05, 0) is 0 Å². The molecule has 0 radical (unpaired) electrons. The summed E-state index contributed by atoms with van der Waals surface area (Å²) in [5.41, 5.74) is 2.25. The number of hydrogen-bond acceptors (Lipinski definition) is 4. The van der Waals surface area contributed by atoms with Crippen molar-refractivity contribution in [2.75, 3.05) is 0 Å². The van der Waals surface area contributed by atoms with Crippen molar-refractivity contribution in [3.63, 3.8) is 0 Å². The van der Waals surface area contributed by atoms with Gasteiger partial charge < -0.3 is 0 Å². The molecule has 0 fully saturated rings. The van der Waals surface area contributed by atoms with E-state index < -0.39 is 0 Å². The number of aromatic nitrogens is 4. The lowest BCUT2D eigenvalue weighted by molar-refractivity contribution is -0.427. The molecule has 0 atom stereocenters. The van der Waals surface area contributed by atoms with E-state index in [-0.39, 0.29) is 5.91 Å². The van der Waals surface area contributed by atoms with Crippen molar-refractivity contribution in [2.24, 2.45) is 0 Å². The standard InChI is InChI=1S/C4H8N6O/c5-6-4(11)2-1-3-7-9-10-8-3/h1-2,5H2,(H,6,11)(H,7,8,9,10)/p+1. The predicted octanol–water partition coefficient (Wildman–Crippen LogP) is -2.59. The Morgan fingerprint density at radius 2 is 2.55 bits per heavy atom. The third kappa shape index (κ3) is 2.30. The number of carbonyl (C=O) groups excluding carboxylic acids is 1. The first-order chi connectivity index (χ1) is 5.33. The monoisotopic (exact) mass is 157 g/mol. The van der Waals surface area contributed by atoms with Crippen LogP contribution in [0.4, 0.5) is 0 Å². The van der Waals surface area contributed by atoms with Crippen LogP contribution >= 0.6 is 0 Å². The van der Waals surface area contributed by atoms with E-state index >= 15 is 0 Å². The highest BCUT2D eigenvalue weighted by atomic mass is 16.2. The van der Waals surface area contributed by atoms with Crippen LogP contribution in [0.2, 0.25) is 0 Å². The number of rotatable bonds is 3. The summed E-state index contributed by atoms with van der Waals surface area (Å²) in [4.78, 5) is 10.6. The largest absolute Gasteiger partial charge is 0.270 e. The summed E-state index contributed by atoms with van der Waals surface area (Å²) in [6.45, 7) is 0. The maximum absolute atomic E-state index is 10.6. The van der Waals surface area contributed by atoms with Gasteiger partial charge in [-0.2, -0.15) is 5.21 Å². The van der Waals surface area contributed by atoms with Crippen LogP contribution in [0, 0.1) is 0 Å². The molecule has 0 aliphatic carbocycles. The lowest BCUT2D eigenvalue weighted by Gasteiger charge is -1.91. The highest BCUT2D eigenvalue weighted by molar-refractivity contribution is 5.74. The lowest BCUT2D eigenvalue weighted by atomic mass is 10.3. The molecule has 0 bridgehead atoms. The van der Waals surface area contributed by atoms with Gasteiger partial charge in [-0.1, -0.05) is 5.21 Å². The van der Waals surface area contributed by atoms with E-state index in [0.29, 0.717) is 18.7 Å². The van der Waals surface area contributed by atoms with E-state index in [1.165, 1.54) is 0 Å². The Balaban J connectivity index is 2.29. The molecule has 0 saturated heterocycles. The Kier molecular flexibility index (Phi) is 2.50. The molecule has 1 rings (SSSR count). The zero-order valence-electron chi connectivity index (χ0n) is 5.87. The SMILES string of the molecule is [NH3+]NC(=O)CCc1nn[nH]n1. The number of H-pyrrole nitrogens is 1. The molecule has 1 amide bonds. The molecule has 0 unspecified atom stereocenters. The van der Waals surface area contributed by atoms with Crippen molar-refractivity contribution < 1.29 is 10.6 Å². The number of nitrogens with zero attached hydrogens (tertiary/aromatic N) is 3. The Labute approximate surface area is 62.3 Å². The molecular weight excluding hydrogens is 148 g/mol. The van der Waals surface area contributed by atoms with Crippen LogP contribution in [-0.2, 0) is 11.2 Å². The second-order valence-electron chi connectivity index (χ2n) is 1.93. The molecule has 0 spiro atoms. The van der Waals surface area contributed by atoms with Crippen LogP contribution in [0.15, 0.2) is 0 Å². The molecule has 1 aromatic rings. The van der Waals surface area contributed by atoms with Crippen molar-refractivity contribution in [3.8, 4) is 0 Å². The van der Waals surface area contributed by atoms with Crippen molar-refractivity contribution in [1.82, 2.24) is 26.0 Å². The van der Waals surface area contributed by atoms with Crippen LogP contribution in [0.25, 0.3) is 0 Å². The van der Waals surface area contributed by atoms with Crippen molar-refractivity contribution in [3.05, 3.63) is 5.82 Å². The minimum atomic E-state index is -0.130. The van der Waals surface area contributed by atoms with E-state index in [1.807, 2.05) is 0 Å². The first kappa shape index (κ1) is 7.61. The fraction of sp³-hybridized carbons (Fsp3) is 0.500. The first-order valence-electron chi connectivity index (χ1n) is 3.11. The van der Waals surface area contributed by atoms with Crippen LogP contribution in [0.1, 0.15) is 12.2 Å². The maximum Gasteiger partial charge on any atom is 0.265 e. The fourth-order valence-electron chi connectivity index (χ4n) is 0.602. The Bertz CT molecular complexity index is 218. The second kappa shape index (κ2) is 3.62. The van der Waals surface area contributed by atoms with E-state index in [2.05, 4.69) is 31.9 Å². The summed E-state index contributed by atoms with van der Waals surface area (Å²) < 4.78 is 0. The minimum Gasteiger partial charge on any atom is -0.270 e. The van der Waals surface area contributed by atoms with Crippen LogP contribution < -0.4 is 11.3 Å². The molecule has 0 saturated carbocycles. The molecule has 7 nitrogen and oxygen atoms in total. The molecule has 0 aliphatic heterocycles. The Morgan fingerprint density at radius 1 is 1.73 bits per heavy atom. The zero-order chi connectivity index (χ0) is 8.10. The first-order valence-corrected chi connectivity index (χ1v) is 3.11. The molecule has 7 heteroatoms. The third-order valence-corrected chi connectivity index (χ3v) is 1.16. The predicted molar refractivity (Wildman–Crippen MR) is 33.5 cm³/mol. The summed E-state index contributed by atoms with van der Waals surface area (Å²) in [5, 5.41) is 13.0.